The summed E-state index contributed by atoms with van der Waals surface area (Å²) in [6.07, 6.45) is -0.0277. The van der Waals surface area contributed by atoms with E-state index in [4.69, 9.17) is 4.52 Å². The molecule has 0 amide bonds. The fourth-order valence-corrected chi connectivity index (χ4v) is 2.10. The molecule has 1 rings (SSSR count). The maximum Gasteiger partial charge on any atom is 0.390 e. The standard InChI is InChI=1S/C11H18NO3P/c1-10(2)8-12-9-16(13,14)15-11-6-4-3-5-7-11/h3-7,10,12H,8-9H2,1-2H3,(H,13,14). The molecule has 4 nitrogen and oxygen atoms in total. The fourth-order valence-electron chi connectivity index (χ4n) is 1.17. The summed E-state index contributed by atoms with van der Waals surface area (Å²) < 4.78 is 16.7. The minimum Gasteiger partial charge on any atom is -0.424 e. The SMILES string of the molecule is CC(C)CNCP(=O)(O)Oc1ccccc1. The quantitative estimate of drug-likeness (QED) is 0.753. The number of rotatable bonds is 6. The Morgan fingerprint density at radius 1 is 1.38 bits per heavy atom. The molecule has 0 aliphatic heterocycles. The largest absolute Gasteiger partial charge is 0.424 e. The number of hydrogen-bond acceptors (Lipinski definition) is 3. The Hall–Kier alpha value is -0.830. The molecule has 2 N–H and O–H groups in total. The predicted molar refractivity (Wildman–Crippen MR) is 64.6 cm³/mol. The number of nitrogens with one attached hydrogen (secondary N) is 1. The second-order valence-corrected chi connectivity index (χ2v) is 5.82. The molecule has 0 fully saturated rings. The van der Waals surface area contributed by atoms with Gasteiger partial charge >= 0.3 is 7.60 Å². The van der Waals surface area contributed by atoms with E-state index >= 15 is 0 Å². The van der Waals surface area contributed by atoms with Gasteiger partial charge in [-0.05, 0) is 24.6 Å². The van der Waals surface area contributed by atoms with Gasteiger partial charge in [-0.3, -0.25) is 0 Å². The van der Waals surface area contributed by atoms with Crippen molar-refractivity contribution in [2.75, 3.05) is 12.8 Å². The predicted octanol–water partition coefficient (Wildman–Crippen LogP) is 2.45. The molecule has 0 spiro atoms. The molecule has 1 atom stereocenters. The Balaban J connectivity index is 2.43. The van der Waals surface area contributed by atoms with Crippen LogP contribution in [0.5, 0.6) is 5.75 Å². The number of hydrogen-bond donors (Lipinski definition) is 2. The van der Waals surface area contributed by atoms with Crippen LogP contribution in [0.15, 0.2) is 30.3 Å². The third-order valence-corrected chi connectivity index (χ3v) is 2.97. The average Bonchev–Trinajstić information content (AvgIpc) is 2.17. The maximum atomic E-state index is 11.6. The monoisotopic (exact) mass is 243 g/mol. The summed E-state index contributed by atoms with van der Waals surface area (Å²) in [5.41, 5.74) is 0. The van der Waals surface area contributed by atoms with Crippen molar-refractivity contribution in [2.45, 2.75) is 13.8 Å². The topological polar surface area (TPSA) is 58.6 Å². The van der Waals surface area contributed by atoms with E-state index < -0.39 is 7.60 Å². The lowest BCUT2D eigenvalue weighted by atomic mass is 10.2. The van der Waals surface area contributed by atoms with Crippen molar-refractivity contribution in [2.24, 2.45) is 5.92 Å². The Bertz CT molecular complexity index is 354. The highest BCUT2D eigenvalue weighted by atomic mass is 31.2. The van der Waals surface area contributed by atoms with Crippen molar-refractivity contribution in [3.05, 3.63) is 30.3 Å². The van der Waals surface area contributed by atoms with Gasteiger partial charge < -0.3 is 14.7 Å². The minimum atomic E-state index is -3.58. The van der Waals surface area contributed by atoms with Crippen LogP contribution >= 0.6 is 7.60 Å². The number of para-hydroxylation sites is 1. The van der Waals surface area contributed by atoms with Crippen LogP contribution in [0.25, 0.3) is 0 Å². The van der Waals surface area contributed by atoms with E-state index in [1.165, 1.54) is 0 Å². The van der Waals surface area contributed by atoms with Crippen molar-refractivity contribution in [3.63, 3.8) is 0 Å². The van der Waals surface area contributed by atoms with Gasteiger partial charge in [0.1, 0.15) is 12.0 Å². The Kier molecular flexibility index (Phi) is 5.00. The van der Waals surface area contributed by atoms with Crippen molar-refractivity contribution in [3.8, 4) is 5.75 Å². The van der Waals surface area contributed by atoms with Gasteiger partial charge in [0.05, 0.1) is 0 Å². The van der Waals surface area contributed by atoms with E-state index in [0.717, 1.165) is 0 Å². The molecule has 0 aromatic heterocycles. The Labute approximate surface area is 96.2 Å². The Morgan fingerprint density at radius 3 is 2.56 bits per heavy atom. The first-order chi connectivity index (χ1) is 7.49. The van der Waals surface area contributed by atoms with Crippen molar-refractivity contribution in [1.29, 1.82) is 0 Å². The first-order valence-corrected chi connectivity index (χ1v) is 7.03. The normalized spacial score (nSPS) is 14.8. The van der Waals surface area contributed by atoms with Gasteiger partial charge in [0.2, 0.25) is 0 Å². The molecule has 0 radical (unpaired) electrons. The summed E-state index contributed by atoms with van der Waals surface area (Å²) in [5, 5.41) is 2.91. The lowest BCUT2D eigenvalue weighted by molar-refractivity contribution is 0.372. The van der Waals surface area contributed by atoms with E-state index in [1.54, 1.807) is 24.3 Å². The minimum absolute atomic E-state index is 0.0277. The van der Waals surface area contributed by atoms with Crippen LogP contribution in [0.4, 0.5) is 0 Å². The second kappa shape index (κ2) is 6.04. The molecule has 5 heteroatoms. The molecule has 0 aliphatic carbocycles. The maximum absolute atomic E-state index is 11.6. The van der Waals surface area contributed by atoms with Crippen LogP contribution < -0.4 is 9.84 Å². The molecule has 90 valence electrons. The molecule has 1 aromatic rings. The fraction of sp³-hybridized carbons (Fsp3) is 0.455. The molecule has 16 heavy (non-hydrogen) atoms. The first kappa shape index (κ1) is 13.2. The van der Waals surface area contributed by atoms with Gasteiger partial charge in [-0.2, -0.15) is 0 Å². The van der Waals surface area contributed by atoms with Crippen LogP contribution in [0.3, 0.4) is 0 Å². The van der Waals surface area contributed by atoms with Gasteiger partial charge in [-0.15, -0.1) is 0 Å². The molecule has 0 saturated heterocycles. The summed E-state index contributed by atoms with van der Waals surface area (Å²) in [7, 11) is -3.58. The van der Waals surface area contributed by atoms with Gasteiger partial charge in [-0.25, -0.2) is 4.57 Å². The summed E-state index contributed by atoms with van der Waals surface area (Å²) in [5.74, 6) is 0.858. The zero-order valence-electron chi connectivity index (χ0n) is 9.59. The third kappa shape index (κ3) is 5.31. The molecule has 0 bridgehead atoms. The van der Waals surface area contributed by atoms with Crippen LogP contribution in [-0.2, 0) is 4.57 Å². The average molecular weight is 243 g/mol. The third-order valence-electron chi connectivity index (χ3n) is 1.86. The molecular formula is C11H18NO3P. The molecule has 1 unspecified atom stereocenters. The Morgan fingerprint density at radius 2 is 2.00 bits per heavy atom. The summed E-state index contributed by atoms with van der Waals surface area (Å²) in [6, 6.07) is 8.66. The highest BCUT2D eigenvalue weighted by Crippen LogP contribution is 2.40. The molecule has 1 aromatic carbocycles. The van der Waals surface area contributed by atoms with Crippen LogP contribution in [-0.4, -0.2) is 17.7 Å². The van der Waals surface area contributed by atoms with Crippen LogP contribution in [0.1, 0.15) is 13.8 Å². The van der Waals surface area contributed by atoms with Gasteiger partial charge in [0.15, 0.2) is 0 Å². The van der Waals surface area contributed by atoms with Crippen LogP contribution in [0, 0.1) is 5.92 Å². The smallest absolute Gasteiger partial charge is 0.390 e. The zero-order valence-corrected chi connectivity index (χ0v) is 10.5. The number of benzene rings is 1. The molecule has 0 aliphatic rings. The van der Waals surface area contributed by atoms with Gasteiger partial charge in [0, 0.05) is 0 Å². The molecular weight excluding hydrogens is 225 g/mol. The zero-order chi connectivity index (χ0) is 12.0. The van der Waals surface area contributed by atoms with Crippen LogP contribution in [0.2, 0.25) is 0 Å². The van der Waals surface area contributed by atoms with Gasteiger partial charge in [-0.1, -0.05) is 32.0 Å². The van der Waals surface area contributed by atoms with E-state index in [9.17, 15) is 9.46 Å². The highest BCUT2D eigenvalue weighted by molar-refractivity contribution is 7.53. The van der Waals surface area contributed by atoms with E-state index in [-0.39, 0.29) is 6.29 Å². The molecule has 0 heterocycles. The van der Waals surface area contributed by atoms with E-state index in [0.29, 0.717) is 18.2 Å². The highest BCUT2D eigenvalue weighted by Gasteiger charge is 2.20. The van der Waals surface area contributed by atoms with E-state index in [1.807, 2.05) is 19.9 Å². The van der Waals surface area contributed by atoms with Crippen molar-refractivity contribution >= 4 is 7.60 Å². The lowest BCUT2D eigenvalue weighted by Gasteiger charge is -2.14. The van der Waals surface area contributed by atoms with Crippen molar-refractivity contribution in [1.82, 2.24) is 5.32 Å². The lowest BCUT2D eigenvalue weighted by Crippen LogP contribution is -2.22. The summed E-state index contributed by atoms with van der Waals surface area (Å²) in [6.45, 7) is 4.77. The first-order valence-electron chi connectivity index (χ1n) is 5.27. The van der Waals surface area contributed by atoms with E-state index in [2.05, 4.69) is 5.32 Å². The van der Waals surface area contributed by atoms with Crippen molar-refractivity contribution < 1.29 is 14.0 Å². The summed E-state index contributed by atoms with van der Waals surface area (Å²) in [4.78, 5) is 9.55. The molecule has 0 saturated carbocycles. The van der Waals surface area contributed by atoms with Gasteiger partial charge in [0.25, 0.3) is 0 Å². The summed E-state index contributed by atoms with van der Waals surface area (Å²) >= 11 is 0. The second-order valence-electron chi connectivity index (χ2n) is 4.05.